The minimum absolute atomic E-state index is 0.0157. The minimum atomic E-state index is -1.07. The van der Waals surface area contributed by atoms with Crippen molar-refractivity contribution in [3.05, 3.63) is 71.5 Å². The molecule has 0 aliphatic carbocycles. The van der Waals surface area contributed by atoms with Crippen LogP contribution in [0.25, 0.3) is 0 Å². The smallest absolute Gasteiger partial charge is 0.191 e. The second-order valence-corrected chi connectivity index (χ2v) is 7.94. The van der Waals surface area contributed by atoms with E-state index in [4.69, 9.17) is 4.74 Å². The Morgan fingerprint density at radius 2 is 1.90 bits per heavy atom. The topological polar surface area (TPSA) is 69.1 Å². The number of benzene rings is 2. The van der Waals surface area contributed by atoms with Crippen molar-refractivity contribution < 1.29 is 14.2 Å². The number of nitrogens with one attached hydrogen (secondary N) is 2. The van der Waals surface area contributed by atoms with Crippen molar-refractivity contribution in [3.63, 3.8) is 0 Å². The van der Waals surface area contributed by atoms with Crippen molar-refractivity contribution in [2.75, 3.05) is 45.9 Å². The van der Waals surface area contributed by atoms with Gasteiger partial charge >= 0.3 is 0 Å². The Balaban J connectivity index is 1.72. The Labute approximate surface area is 184 Å². The van der Waals surface area contributed by atoms with Gasteiger partial charge in [-0.3, -0.25) is 4.90 Å². The molecule has 2 atom stereocenters. The molecule has 0 radical (unpaired) electrons. The Kier molecular flexibility index (Phi) is 8.40. The van der Waals surface area contributed by atoms with Crippen LogP contribution in [0.1, 0.15) is 31.0 Å². The van der Waals surface area contributed by atoms with Crippen molar-refractivity contribution in [3.8, 4) is 0 Å². The number of rotatable bonds is 8. The highest BCUT2D eigenvalue weighted by atomic mass is 19.1. The molecular formula is C24H33FN4O2. The molecule has 0 amide bonds. The van der Waals surface area contributed by atoms with Crippen molar-refractivity contribution in [1.82, 2.24) is 15.5 Å². The van der Waals surface area contributed by atoms with Crippen molar-refractivity contribution in [2.24, 2.45) is 4.99 Å². The first kappa shape index (κ1) is 23.2. The molecular weight excluding hydrogens is 395 g/mol. The number of aliphatic imine (C=N–C) groups is 1. The van der Waals surface area contributed by atoms with Crippen LogP contribution in [-0.4, -0.2) is 61.9 Å². The zero-order valence-corrected chi connectivity index (χ0v) is 18.4. The molecule has 168 valence electrons. The molecule has 1 saturated heterocycles. The summed E-state index contributed by atoms with van der Waals surface area (Å²) >= 11 is 0. The van der Waals surface area contributed by atoms with Gasteiger partial charge in [0, 0.05) is 26.2 Å². The fourth-order valence-electron chi connectivity index (χ4n) is 3.72. The Hall–Kier alpha value is -2.48. The van der Waals surface area contributed by atoms with Gasteiger partial charge in [0.1, 0.15) is 11.4 Å². The van der Waals surface area contributed by atoms with E-state index in [0.717, 1.165) is 24.2 Å². The molecule has 0 bridgehead atoms. The quantitative estimate of drug-likeness (QED) is 0.446. The average molecular weight is 429 g/mol. The number of guanidine groups is 1. The van der Waals surface area contributed by atoms with Gasteiger partial charge in [0.25, 0.3) is 0 Å². The zero-order chi connectivity index (χ0) is 22.1. The lowest BCUT2D eigenvalue weighted by molar-refractivity contribution is 0.0169. The molecule has 0 aromatic heterocycles. The van der Waals surface area contributed by atoms with E-state index in [9.17, 15) is 9.50 Å². The molecule has 31 heavy (non-hydrogen) atoms. The van der Waals surface area contributed by atoms with E-state index in [0.29, 0.717) is 32.3 Å². The second-order valence-electron chi connectivity index (χ2n) is 7.94. The lowest BCUT2D eigenvalue weighted by Crippen LogP contribution is -2.46. The minimum Gasteiger partial charge on any atom is -0.384 e. The highest BCUT2D eigenvalue weighted by molar-refractivity contribution is 5.79. The summed E-state index contributed by atoms with van der Waals surface area (Å²) in [5.74, 6) is 0.378. The van der Waals surface area contributed by atoms with Crippen LogP contribution >= 0.6 is 0 Å². The van der Waals surface area contributed by atoms with E-state index in [1.807, 2.05) is 43.3 Å². The summed E-state index contributed by atoms with van der Waals surface area (Å²) in [6.45, 7) is 8.15. The molecule has 2 aromatic carbocycles. The van der Waals surface area contributed by atoms with Crippen LogP contribution < -0.4 is 10.6 Å². The monoisotopic (exact) mass is 428 g/mol. The largest absolute Gasteiger partial charge is 0.384 e. The third-order valence-corrected chi connectivity index (χ3v) is 5.47. The van der Waals surface area contributed by atoms with Gasteiger partial charge in [0.05, 0.1) is 25.8 Å². The molecule has 1 aliphatic rings. The number of aliphatic hydroxyl groups is 1. The Morgan fingerprint density at radius 3 is 2.58 bits per heavy atom. The summed E-state index contributed by atoms with van der Waals surface area (Å²) < 4.78 is 19.4. The number of morpholine rings is 1. The standard InChI is InChI=1S/C24H33FN4O2/c1-3-26-23(28-18-24(2,30)20-9-5-4-6-10-20)27-17-22(29-12-14-31-15-13-29)19-8-7-11-21(25)16-19/h4-11,16,22,30H,3,12-15,17-18H2,1-2H3,(H2,26,27,28). The molecule has 1 fully saturated rings. The van der Waals surface area contributed by atoms with Crippen LogP contribution in [0.15, 0.2) is 59.6 Å². The van der Waals surface area contributed by atoms with Crippen molar-refractivity contribution in [2.45, 2.75) is 25.5 Å². The maximum Gasteiger partial charge on any atom is 0.191 e. The van der Waals surface area contributed by atoms with Gasteiger partial charge in [-0.15, -0.1) is 0 Å². The van der Waals surface area contributed by atoms with Crippen LogP contribution in [0.4, 0.5) is 4.39 Å². The highest BCUT2D eigenvalue weighted by Crippen LogP contribution is 2.23. The van der Waals surface area contributed by atoms with Crippen LogP contribution in [0.3, 0.4) is 0 Å². The maximum absolute atomic E-state index is 13.9. The number of hydrogen-bond acceptors (Lipinski definition) is 4. The van der Waals surface area contributed by atoms with Gasteiger partial charge in [-0.25, -0.2) is 9.38 Å². The zero-order valence-electron chi connectivity index (χ0n) is 18.4. The number of hydrogen-bond donors (Lipinski definition) is 3. The Morgan fingerprint density at radius 1 is 1.16 bits per heavy atom. The summed E-state index contributed by atoms with van der Waals surface area (Å²) in [5, 5.41) is 17.5. The van der Waals surface area contributed by atoms with E-state index in [1.54, 1.807) is 19.1 Å². The molecule has 1 aliphatic heterocycles. The van der Waals surface area contributed by atoms with Crippen LogP contribution in [0.2, 0.25) is 0 Å². The molecule has 1 heterocycles. The first-order chi connectivity index (χ1) is 15.0. The summed E-state index contributed by atoms with van der Waals surface area (Å²) in [4.78, 5) is 6.92. The molecule has 2 unspecified atom stereocenters. The third-order valence-electron chi connectivity index (χ3n) is 5.47. The lowest BCUT2D eigenvalue weighted by atomic mass is 9.96. The average Bonchev–Trinajstić information content (AvgIpc) is 2.79. The van der Waals surface area contributed by atoms with Gasteiger partial charge in [0.2, 0.25) is 0 Å². The van der Waals surface area contributed by atoms with E-state index in [2.05, 4.69) is 20.5 Å². The summed E-state index contributed by atoms with van der Waals surface area (Å²) in [7, 11) is 0. The maximum atomic E-state index is 13.9. The summed E-state index contributed by atoms with van der Waals surface area (Å²) in [5.41, 5.74) is 0.664. The van der Waals surface area contributed by atoms with E-state index < -0.39 is 5.60 Å². The number of halogens is 1. The summed E-state index contributed by atoms with van der Waals surface area (Å²) in [6.07, 6.45) is 0. The van der Waals surface area contributed by atoms with Gasteiger partial charge in [-0.05, 0) is 37.1 Å². The van der Waals surface area contributed by atoms with Crippen LogP contribution in [0.5, 0.6) is 0 Å². The fourth-order valence-corrected chi connectivity index (χ4v) is 3.72. The SMILES string of the molecule is CCNC(=NCC(C)(O)c1ccccc1)NCC(c1cccc(F)c1)N1CCOCC1. The highest BCUT2D eigenvalue weighted by Gasteiger charge is 2.25. The first-order valence-corrected chi connectivity index (χ1v) is 10.9. The number of ether oxygens (including phenoxy) is 1. The molecule has 0 saturated carbocycles. The predicted octanol–water partition coefficient (Wildman–Crippen LogP) is 2.66. The van der Waals surface area contributed by atoms with Gasteiger partial charge in [0.15, 0.2) is 5.96 Å². The van der Waals surface area contributed by atoms with E-state index >= 15 is 0 Å². The van der Waals surface area contributed by atoms with Crippen LogP contribution in [-0.2, 0) is 10.3 Å². The molecule has 2 aromatic rings. The Bertz CT molecular complexity index is 838. The molecule has 3 N–H and O–H groups in total. The first-order valence-electron chi connectivity index (χ1n) is 10.9. The fraction of sp³-hybridized carbons (Fsp3) is 0.458. The second kappa shape index (κ2) is 11.2. The predicted molar refractivity (Wildman–Crippen MR) is 122 cm³/mol. The molecule has 0 spiro atoms. The normalized spacial score (nSPS) is 18.3. The van der Waals surface area contributed by atoms with Crippen molar-refractivity contribution in [1.29, 1.82) is 0 Å². The molecule has 6 nitrogen and oxygen atoms in total. The number of nitrogens with zero attached hydrogens (tertiary/aromatic N) is 2. The van der Waals surface area contributed by atoms with E-state index in [-0.39, 0.29) is 18.4 Å². The lowest BCUT2D eigenvalue weighted by Gasteiger charge is -2.35. The third kappa shape index (κ3) is 6.75. The van der Waals surface area contributed by atoms with Crippen molar-refractivity contribution >= 4 is 5.96 Å². The van der Waals surface area contributed by atoms with Gasteiger partial charge in [-0.1, -0.05) is 42.5 Å². The van der Waals surface area contributed by atoms with Crippen LogP contribution in [0, 0.1) is 5.82 Å². The van der Waals surface area contributed by atoms with E-state index in [1.165, 1.54) is 6.07 Å². The summed E-state index contributed by atoms with van der Waals surface area (Å²) in [6, 6.07) is 16.3. The molecule has 3 rings (SSSR count). The van der Waals surface area contributed by atoms with Gasteiger partial charge in [-0.2, -0.15) is 0 Å². The molecule has 7 heteroatoms. The van der Waals surface area contributed by atoms with Gasteiger partial charge < -0.3 is 20.5 Å².